The van der Waals surface area contributed by atoms with E-state index in [9.17, 15) is 9.59 Å². The Labute approximate surface area is 126 Å². The highest BCUT2D eigenvalue weighted by molar-refractivity contribution is 6.29. The second kappa shape index (κ2) is 6.81. The van der Waals surface area contributed by atoms with Crippen molar-refractivity contribution in [2.75, 3.05) is 0 Å². The fraction of sp³-hybridized carbons (Fsp3) is 0.143. The minimum atomic E-state index is -0.833. The number of aromatic nitrogens is 2. The molecule has 7 heteroatoms. The van der Waals surface area contributed by atoms with Crippen molar-refractivity contribution >= 4 is 23.4 Å². The molecule has 0 aliphatic heterocycles. The van der Waals surface area contributed by atoms with Crippen LogP contribution in [0.15, 0.2) is 42.9 Å². The van der Waals surface area contributed by atoms with Crippen LogP contribution >= 0.6 is 11.6 Å². The van der Waals surface area contributed by atoms with Gasteiger partial charge in [-0.3, -0.25) is 14.6 Å². The number of nitrogens with two attached hydrogens (primary N) is 1. The molecule has 0 unspecified atom stereocenters. The van der Waals surface area contributed by atoms with Gasteiger partial charge in [0.25, 0.3) is 5.91 Å². The molecular weight excluding hydrogens is 292 g/mol. The lowest BCUT2D eigenvalue weighted by Crippen LogP contribution is -2.45. The SMILES string of the molecule is NC(=O)[C@@H](Cc1ccc(Cl)nc1)NC(=O)c1cccnc1. The molecule has 0 saturated carbocycles. The van der Waals surface area contributed by atoms with E-state index in [0.29, 0.717) is 10.7 Å². The Kier molecular flexibility index (Phi) is 4.84. The Morgan fingerprint density at radius 3 is 2.67 bits per heavy atom. The summed E-state index contributed by atoms with van der Waals surface area (Å²) in [7, 11) is 0. The molecule has 2 heterocycles. The summed E-state index contributed by atoms with van der Waals surface area (Å²) in [6.07, 6.45) is 4.75. The molecule has 3 N–H and O–H groups in total. The molecule has 0 bridgehead atoms. The van der Waals surface area contributed by atoms with Crippen molar-refractivity contribution < 1.29 is 9.59 Å². The van der Waals surface area contributed by atoms with E-state index < -0.39 is 17.9 Å². The predicted octanol–water partition coefficient (Wildman–Crippen LogP) is 0.956. The molecule has 108 valence electrons. The summed E-state index contributed by atoms with van der Waals surface area (Å²) in [5.74, 6) is -1.03. The number of pyridine rings is 2. The number of hydrogen-bond acceptors (Lipinski definition) is 4. The van der Waals surface area contributed by atoms with Gasteiger partial charge in [0.15, 0.2) is 0 Å². The molecular formula is C14H13ClN4O2. The van der Waals surface area contributed by atoms with Crippen molar-refractivity contribution in [2.45, 2.75) is 12.5 Å². The van der Waals surface area contributed by atoms with Crippen LogP contribution in [-0.4, -0.2) is 27.8 Å². The molecule has 2 aromatic heterocycles. The minimum absolute atomic E-state index is 0.242. The number of rotatable bonds is 5. The molecule has 0 fully saturated rings. The molecule has 0 aliphatic rings. The van der Waals surface area contributed by atoms with Crippen molar-refractivity contribution in [1.29, 1.82) is 0 Å². The van der Waals surface area contributed by atoms with E-state index in [-0.39, 0.29) is 6.42 Å². The van der Waals surface area contributed by atoms with E-state index in [1.807, 2.05) is 0 Å². The normalized spacial score (nSPS) is 11.7. The highest BCUT2D eigenvalue weighted by Gasteiger charge is 2.19. The monoisotopic (exact) mass is 304 g/mol. The zero-order chi connectivity index (χ0) is 15.2. The summed E-state index contributed by atoms with van der Waals surface area (Å²) >= 11 is 5.70. The molecule has 0 aliphatic carbocycles. The third-order valence-electron chi connectivity index (χ3n) is 2.80. The van der Waals surface area contributed by atoms with Crippen LogP contribution in [-0.2, 0) is 11.2 Å². The summed E-state index contributed by atoms with van der Waals surface area (Å²) in [6.45, 7) is 0. The minimum Gasteiger partial charge on any atom is -0.368 e. The summed E-state index contributed by atoms with van der Waals surface area (Å²) in [4.78, 5) is 31.3. The molecule has 2 aromatic rings. The summed E-state index contributed by atoms with van der Waals surface area (Å²) in [5, 5.41) is 2.94. The molecule has 2 rings (SSSR count). The quantitative estimate of drug-likeness (QED) is 0.804. The van der Waals surface area contributed by atoms with Gasteiger partial charge in [-0.05, 0) is 23.8 Å². The Morgan fingerprint density at radius 1 is 1.29 bits per heavy atom. The number of carbonyl (C=O) groups is 2. The number of amides is 2. The average molecular weight is 305 g/mol. The van der Waals surface area contributed by atoms with E-state index in [4.69, 9.17) is 17.3 Å². The van der Waals surface area contributed by atoms with Gasteiger partial charge >= 0.3 is 0 Å². The van der Waals surface area contributed by atoms with Gasteiger partial charge < -0.3 is 11.1 Å². The predicted molar refractivity (Wildman–Crippen MR) is 77.6 cm³/mol. The van der Waals surface area contributed by atoms with Crippen molar-refractivity contribution in [1.82, 2.24) is 15.3 Å². The van der Waals surface area contributed by atoms with E-state index >= 15 is 0 Å². The van der Waals surface area contributed by atoms with Crippen LogP contribution in [0.4, 0.5) is 0 Å². The van der Waals surface area contributed by atoms with Crippen molar-refractivity contribution in [3.05, 3.63) is 59.1 Å². The van der Waals surface area contributed by atoms with Crippen molar-refractivity contribution in [2.24, 2.45) is 5.73 Å². The van der Waals surface area contributed by atoms with Crippen LogP contribution < -0.4 is 11.1 Å². The number of hydrogen-bond donors (Lipinski definition) is 2. The second-order valence-electron chi connectivity index (χ2n) is 4.36. The fourth-order valence-corrected chi connectivity index (χ4v) is 1.84. The maximum absolute atomic E-state index is 12.0. The standard InChI is InChI=1S/C14H13ClN4O2/c15-12-4-3-9(7-18-12)6-11(13(16)20)19-14(21)10-2-1-5-17-8-10/h1-5,7-8,11H,6H2,(H2,16,20)(H,19,21)/t11-/m1/s1. The van der Waals surface area contributed by atoms with E-state index in [0.717, 1.165) is 5.56 Å². The second-order valence-corrected chi connectivity index (χ2v) is 4.75. The zero-order valence-electron chi connectivity index (χ0n) is 11.0. The van der Waals surface area contributed by atoms with Gasteiger partial charge in [-0.15, -0.1) is 0 Å². The first-order valence-corrected chi connectivity index (χ1v) is 6.54. The van der Waals surface area contributed by atoms with Gasteiger partial charge in [-0.1, -0.05) is 17.7 Å². The van der Waals surface area contributed by atoms with Gasteiger partial charge in [0.05, 0.1) is 5.56 Å². The first-order valence-electron chi connectivity index (χ1n) is 6.17. The lowest BCUT2D eigenvalue weighted by Gasteiger charge is -2.15. The first-order chi connectivity index (χ1) is 10.1. The molecule has 1 atom stereocenters. The smallest absolute Gasteiger partial charge is 0.253 e. The fourth-order valence-electron chi connectivity index (χ4n) is 1.72. The van der Waals surface area contributed by atoms with Gasteiger partial charge in [-0.25, -0.2) is 4.98 Å². The maximum atomic E-state index is 12.0. The number of carbonyl (C=O) groups excluding carboxylic acids is 2. The van der Waals surface area contributed by atoms with E-state index in [1.165, 1.54) is 12.4 Å². The zero-order valence-corrected chi connectivity index (χ0v) is 11.7. The molecule has 0 spiro atoms. The molecule has 0 radical (unpaired) electrons. The molecule has 21 heavy (non-hydrogen) atoms. The number of primary amides is 1. The number of nitrogens with zero attached hydrogens (tertiary/aromatic N) is 2. The van der Waals surface area contributed by atoms with E-state index in [1.54, 1.807) is 30.5 Å². The summed E-state index contributed by atoms with van der Waals surface area (Å²) in [5.41, 5.74) is 6.43. The Balaban J connectivity index is 2.07. The van der Waals surface area contributed by atoms with Crippen LogP contribution in [0.5, 0.6) is 0 Å². The average Bonchev–Trinajstić information content (AvgIpc) is 2.49. The van der Waals surface area contributed by atoms with Crippen LogP contribution in [0, 0.1) is 0 Å². The van der Waals surface area contributed by atoms with Gasteiger partial charge in [0.1, 0.15) is 11.2 Å². The van der Waals surface area contributed by atoms with Crippen LogP contribution in [0.1, 0.15) is 15.9 Å². The third kappa shape index (κ3) is 4.25. The van der Waals surface area contributed by atoms with E-state index in [2.05, 4.69) is 15.3 Å². The molecule has 0 aromatic carbocycles. The Bertz CT molecular complexity index is 631. The lowest BCUT2D eigenvalue weighted by atomic mass is 10.1. The number of halogens is 1. The molecule has 6 nitrogen and oxygen atoms in total. The Hall–Kier alpha value is -2.47. The Morgan fingerprint density at radius 2 is 2.10 bits per heavy atom. The van der Waals surface area contributed by atoms with Crippen LogP contribution in [0.25, 0.3) is 0 Å². The lowest BCUT2D eigenvalue weighted by molar-refractivity contribution is -0.119. The summed E-state index contributed by atoms with van der Waals surface area (Å²) in [6, 6.07) is 5.74. The highest BCUT2D eigenvalue weighted by atomic mass is 35.5. The summed E-state index contributed by atoms with van der Waals surface area (Å²) < 4.78 is 0. The van der Waals surface area contributed by atoms with Gasteiger partial charge in [0, 0.05) is 25.0 Å². The molecule has 0 saturated heterocycles. The maximum Gasteiger partial charge on any atom is 0.253 e. The van der Waals surface area contributed by atoms with Crippen molar-refractivity contribution in [3.63, 3.8) is 0 Å². The van der Waals surface area contributed by atoms with Gasteiger partial charge in [0.2, 0.25) is 5.91 Å². The highest BCUT2D eigenvalue weighted by Crippen LogP contribution is 2.08. The van der Waals surface area contributed by atoms with Crippen LogP contribution in [0.2, 0.25) is 5.15 Å². The van der Waals surface area contributed by atoms with Gasteiger partial charge in [-0.2, -0.15) is 0 Å². The largest absolute Gasteiger partial charge is 0.368 e. The number of nitrogens with one attached hydrogen (secondary N) is 1. The third-order valence-corrected chi connectivity index (χ3v) is 3.02. The first kappa shape index (κ1) is 14.9. The van der Waals surface area contributed by atoms with Crippen LogP contribution in [0.3, 0.4) is 0 Å². The van der Waals surface area contributed by atoms with Crippen molar-refractivity contribution in [3.8, 4) is 0 Å². The molecule has 2 amide bonds. The topological polar surface area (TPSA) is 98.0 Å².